The molecule has 0 saturated carbocycles. The second-order valence-corrected chi connectivity index (χ2v) is 4.48. The molecule has 1 saturated heterocycles. The summed E-state index contributed by atoms with van der Waals surface area (Å²) in [5, 5.41) is 0. The van der Waals surface area contributed by atoms with Gasteiger partial charge in [0.2, 0.25) is 0 Å². The molecule has 0 bridgehead atoms. The molecule has 1 aromatic carbocycles. The normalized spacial score (nSPS) is 26.9. The van der Waals surface area contributed by atoms with Crippen molar-refractivity contribution in [2.24, 2.45) is 5.73 Å². The van der Waals surface area contributed by atoms with Gasteiger partial charge in [-0.05, 0) is 12.5 Å². The highest BCUT2D eigenvalue weighted by molar-refractivity contribution is 5.14. The van der Waals surface area contributed by atoms with Crippen LogP contribution in [0.15, 0.2) is 30.3 Å². The fraction of sp³-hybridized carbons (Fsp3) is 0.538. The average Bonchev–Trinajstić information content (AvgIpc) is 2.29. The van der Waals surface area contributed by atoms with Gasteiger partial charge in [0.25, 0.3) is 0 Å². The number of ether oxygens (including phenoxy) is 1. The van der Waals surface area contributed by atoms with Crippen LogP contribution in [0, 0.1) is 0 Å². The van der Waals surface area contributed by atoms with Crippen molar-refractivity contribution in [3.8, 4) is 0 Å². The molecule has 2 rings (SSSR count). The third kappa shape index (κ3) is 3.04. The molecule has 1 fully saturated rings. The summed E-state index contributed by atoms with van der Waals surface area (Å²) in [5.74, 6) is 0. The van der Waals surface area contributed by atoms with Gasteiger partial charge in [0.15, 0.2) is 0 Å². The molecule has 1 aromatic rings. The molecule has 0 radical (unpaired) electrons. The maximum absolute atomic E-state index is 5.74. The monoisotopic (exact) mass is 220 g/mol. The molecule has 1 heterocycles. The molecule has 88 valence electrons. The van der Waals surface area contributed by atoms with Crippen LogP contribution < -0.4 is 5.73 Å². The highest BCUT2D eigenvalue weighted by Crippen LogP contribution is 2.13. The van der Waals surface area contributed by atoms with Crippen LogP contribution in [0.4, 0.5) is 0 Å². The van der Waals surface area contributed by atoms with Gasteiger partial charge in [-0.2, -0.15) is 0 Å². The molecular formula is C13H20N2O. The smallest absolute Gasteiger partial charge is 0.0828 e. The highest BCUT2D eigenvalue weighted by Gasteiger charge is 2.23. The molecule has 3 heteroatoms. The summed E-state index contributed by atoms with van der Waals surface area (Å²) >= 11 is 0. The van der Waals surface area contributed by atoms with Gasteiger partial charge in [-0.15, -0.1) is 0 Å². The van der Waals surface area contributed by atoms with Crippen LogP contribution in [0.1, 0.15) is 12.5 Å². The minimum absolute atomic E-state index is 0.187. The molecule has 2 atom stereocenters. The van der Waals surface area contributed by atoms with E-state index in [0.29, 0.717) is 6.54 Å². The van der Waals surface area contributed by atoms with Crippen LogP contribution in [0.5, 0.6) is 0 Å². The van der Waals surface area contributed by atoms with Gasteiger partial charge in [-0.1, -0.05) is 30.3 Å². The summed E-state index contributed by atoms with van der Waals surface area (Å²) in [7, 11) is 0. The Morgan fingerprint density at radius 1 is 1.31 bits per heavy atom. The first-order chi connectivity index (χ1) is 7.78. The van der Waals surface area contributed by atoms with Crippen LogP contribution in [0.25, 0.3) is 0 Å². The standard InChI is InChI=1S/C13H20N2O/c1-11-8-15(10-13(7-14)16-11)9-12-5-3-2-4-6-12/h2-6,11,13H,7-10,14H2,1H3. The maximum Gasteiger partial charge on any atom is 0.0828 e. The van der Waals surface area contributed by atoms with E-state index < -0.39 is 0 Å². The zero-order chi connectivity index (χ0) is 11.4. The summed E-state index contributed by atoms with van der Waals surface area (Å²) < 4.78 is 5.74. The number of hydrogen-bond acceptors (Lipinski definition) is 3. The largest absolute Gasteiger partial charge is 0.371 e. The highest BCUT2D eigenvalue weighted by atomic mass is 16.5. The van der Waals surface area contributed by atoms with Gasteiger partial charge < -0.3 is 10.5 Å². The molecular weight excluding hydrogens is 200 g/mol. The Hall–Kier alpha value is -0.900. The Labute approximate surface area is 97.2 Å². The molecule has 1 aliphatic heterocycles. The molecule has 16 heavy (non-hydrogen) atoms. The van der Waals surface area contributed by atoms with E-state index in [1.54, 1.807) is 0 Å². The van der Waals surface area contributed by atoms with Crippen molar-refractivity contribution in [3.05, 3.63) is 35.9 Å². The van der Waals surface area contributed by atoms with Crippen molar-refractivity contribution in [1.82, 2.24) is 4.90 Å². The van der Waals surface area contributed by atoms with Crippen molar-refractivity contribution >= 4 is 0 Å². The Morgan fingerprint density at radius 3 is 2.75 bits per heavy atom. The second kappa shape index (κ2) is 5.43. The fourth-order valence-corrected chi connectivity index (χ4v) is 2.24. The Balaban J connectivity index is 1.94. The number of rotatable bonds is 3. The van der Waals surface area contributed by atoms with Crippen LogP contribution in [0.2, 0.25) is 0 Å². The first kappa shape index (κ1) is 11.6. The zero-order valence-electron chi connectivity index (χ0n) is 9.80. The van der Waals surface area contributed by atoms with Gasteiger partial charge in [0.05, 0.1) is 12.2 Å². The topological polar surface area (TPSA) is 38.5 Å². The van der Waals surface area contributed by atoms with E-state index >= 15 is 0 Å². The molecule has 2 unspecified atom stereocenters. The van der Waals surface area contributed by atoms with Crippen LogP contribution in [-0.4, -0.2) is 36.7 Å². The second-order valence-electron chi connectivity index (χ2n) is 4.48. The lowest BCUT2D eigenvalue weighted by Gasteiger charge is -2.36. The third-order valence-electron chi connectivity index (χ3n) is 2.91. The van der Waals surface area contributed by atoms with Gasteiger partial charge in [-0.3, -0.25) is 4.90 Å². The lowest BCUT2D eigenvalue weighted by molar-refractivity contribution is -0.0745. The Morgan fingerprint density at radius 2 is 2.06 bits per heavy atom. The van der Waals surface area contributed by atoms with E-state index in [1.165, 1.54) is 5.56 Å². The summed E-state index contributed by atoms with van der Waals surface area (Å²) in [6.07, 6.45) is 0.471. The summed E-state index contributed by atoms with van der Waals surface area (Å²) in [4.78, 5) is 2.42. The molecule has 1 aliphatic rings. The number of nitrogens with zero attached hydrogens (tertiary/aromatic N) is 1. The minimum atomic E-state index is 0.187. The zero-order valence-corrected chi connectivity index (χ0v) is 9.80. The van der Waals surface area contributed by atoms with E-state index in [4.69, 9.17) is 10.5 Å². The predicted octanol–water partition coefficient (Wildman–Crippen LogP) is 1.23. The number of hydrogen-bond donors (Lipinski definition) is 1. The minimum Gasteiger partial charge on any atom is -0.371 e. The van der Waals surface area contributed by atoms with E-state index in [9.17, 15) is 0 Å². The van der Waals surface area contributed by atoms with Crippen LogP contribution in [-0.2, 0) is 11.3 Å². The van der Waals surface area contributed by atoms with Gasteiger partial charge in [-0.25, -0.2) is 0 Å². The molecule has 0 spiro atoms. The number of morpholine rings is 1. The molecule has 2 N–H and O–H groups in total. The van der Waals surface area contributed by atoms with Crippen molar-refractivity contribution < 1.29 is 4.74 Å². The van der Waals surface area contributed by atoms with Gasteiger partial charge >= 0.3 is 0 Å². The molecule has 0 aliphatic carbocycles. The number of benzene rings is 1. The maximum atomic E-state index is 5.74. The Kier molecular flexibility index (Phi) is 3.93. The first-order valence-electron chi connectivity index (χ1n) is 5.89. The van der Waals surface area contributed by atoms with Crippen molar-refractivity contribution in [3.63, 3.8) is 0 Å². The fourth-order valence-electron chi connectivity index (χ4n) is 2.24. The van der Waals surface area contributed by atoms with E-state index in [2.05, 4.69) is 36.1 Å². The van der Waals surface area contributed by atoms with Gasteiger partial charge in [0.1, 0.15) is 0 Å². The number of nitrogens with two attached hydrogens (primary N) is 1. The third-order valence-corrected chi connectivity index (χ3v) is 2.91. The molecule has 3 nitrogen and oxygen atoms in total. The SMILES string of the molecule is CC1CN(Cc2ccccc2)CC(CN)O1. The summed E-state index contributed by atoms with van der Waals surface area (Å²) in [5.41, 5.74) is 7.02. The average molecular weight is 220 g/mol. The van der Waals surface area contributed by atoms with E-state index in [1.807, 2.05) is 6.07 Å². The van der Waals surface area contributed by atoms with Crippen molar-refractivity contribution in [2.45, 2.75) is 25.7 Å². The van der Waals surface area contributed by atoms with Crippen LogP contribution >= 0.6 is 0 Å². The predicted molar refractivity (Wildman–Crippen MR) is 65.1 cm³/mol. The molecule has 0 amide bonds. The van der Waals surface area contributed by atoms with Crippen molar-refractivity contribution in [1.29, 1.82) is 0 Å². The van der Waals surface area contributed by atoms with Crippen LogP contribution in [0.3, 0.4) is 0 Å². The first-order valence-corrected chi connectivity index (χ1v) is 5.89. The lowest BCUT2D eigenvalue weighted by Crippen LogP contribution is -2.48. The van der Waals surface area contributed by atoms with E-state index in [0.717, 1.165) is 19.6 Å². The molecule has 0 aromatic heterocycles. The summed E-state index contributed by atoms with van der Waals surface area (Å²) in [6, 6.07) is 10.5. The quantitative estimate of drug-likeness (QED) is 0.833. The van der Waals surface area contributed by atoms with Gasteiger partial charge in [0, 0.05) is 26.2 Å². The van der Waals surface area contributed by atoms with E-state index in [-0.39, 0.29) is 12.2 Å². The lowest BCUT2D eigenvalue weighted by atomic mass is 10.1. The van der Waals surface area contributed by atoms with Crippen molar-refractivity contribution in [2.75, 3.05) is 19.6 Å². The summed E-state index contributed by atoms with van der Waals surface area (Å²) in [6.45, 7) is 5.64. The Bertz CT molecular complexity index is 315.